The molecule has 5 nitrogen and oxygen atoms in total. The summed E-state index contributed by atoms with van der Waals surface area (Å²) in [5.41, 5.74) is 6.01. The number of nitrogens with zero attached hydrogens (tertiary/aromatic N) is 2. The highest BCUT2D eigenvalue weighted by Crippen LogP contribution is 2.25. The van der Waals surface area contributed by atoms with Crippen molar-refractivity contribution < 1.29 is 9.90 Å². The minimum atomic E-state index is -0.0669. The topological polar surface area (TPSA) is 69.8 Å². The molecule has 1 heterocycles. The maximum absolute atomic E-state index is 12.3. The van der Waals surface area contributed by atoms with Gasteiger partial charge >= 0.3 is 0 Å². The summed E-state index contributed by atoms with van der Waals surface area (Å²) in [6.45, 7) is 3.38. The smallest absolute Gasteiger partial charge is 0.254 e. The molecule has 0 bridgehead atoms. The quantitative estimate of drug-likeness (QED) is 0.795. The number of thiocarbonyl (C=S) groups is 1. The molecule has 1 saturated heterocycles. The Kier molecular flexibility index (Phi) is 4.95. The summed E-state index contributed by atoms with van der Waals surface area (Å²) in [7, 11) is 0. The first-order valence-electron chi connectivity index (χ1n) is 6.26. The highest BCUT2D eigenvalue weighted by atomic mass is 79.9. The van der Waals surface area contributed by atoms with Gasteiger partial charge in [-0.1, -0.05) is 12.2 Å². The molecule has 0 saturated carbocycles. The zero-order valence-electron chi connectivity index (χ0n) is 10.9. The summed E-state index contributed by atoms with van der Waals surface area (Å²) in [6, 6.07) is 4.85. The third kappa shape index (κ3) is 3.68. The normalized spacial score (nSPS) is 16.1. The summed E-state index contributed by atoms with van der Waals surface area (Å²) in [4.78, 5) is 16.7. The number of carbonyl (C=O) groups is 1. The fourth-order valence-corrected chi connectivity index (χ4v) is 2.59. The van der Waals surface area contributed by atoms with Crippen LogP contribution in [0.3, 0.4) is 0 Å². The van der Waals surface area contributed by atoms with E-state index in [1.54, 1.807) is 17.0 Å². The van der Waals surface area contributed by atoms with Crippen molar-refractivity contribution in [1.82, 2.24) is 9.80 Å². The van der Waals surface area contributed by atoms with Gasteiger partial charge in [0.1, 0.15) is 5.75 Å². The number of benzene rings is 1. The van der Waals surface area contributed by atoms with E-state index in [2.05, 4.69) is 20.8 Å². The van der Waals surface area contributed by atoms with E-state index in [1.165, 1.54) is 6.07 Å². The number of nitrogens with two attached hydrogens (primary N) is 1. The molecular weight excluding hydrogens is 342 g/mol. The van der Waals surface area contributed by atoms with Crippen LogP contribution in [0.5, 0.6) is 5.75 Å². The molecule has 0 aromatic heterocycles. The maximum atomic E-state index is 12.3. The molecule has 1 aliphatic heterocycles. The van der Waals surface area contributed by atoms with Gasteiger partial charge in [0.25, 0.3) is 5.91 Å². The number of hydrogen-bond donors (Lipinski definition) is 2. The van der Waals surface area contributed by atoms with Crippen molar-refractivity contribution in [3.05, 3.63) is 28.2 Å². The minimum Gasteiger partial charge on any atom is -0.507 e. The number of phenols is 1. The number of phenolic OH excluding ortho intramolecular Hbond substituents is 1. The van der Waals surface area contributed by atoms with Crippen molar-refractivity contribution in [2.45, 2.75) is 0 Å². The van der Waals surface area contributed by atoms with Crippen molar-refractivity contribution in [1.29, 1.82) is 0 Å². The van der Waals surface area contributed by atoms with Gasteiger partial charge in [-0.3, -0.25) is 9.69 Å². The standard InChI is InChI=1S/C13H16BrN3O2S/c14-10-2-1-9(7-11(10)18)13(19)17-5-3-16(4-6-17)8-12(15)20/h1-2,7,18H,3-6,8H2,(H2,15,20). The first kappa shape index (κ1) is 15.2. The lowest BCUT2D eigenvalue weighted by Gasteiger charge is -2.34. The predicted molar refractivity (Wildman–Crippen MR) is 84.9 cm³/mol. The molecule has 108 valence electrons. The Morgan fingerprint density at radius 2 is 2.00 bits per heavy atom. The van der Waals surface area contributed by atoms with Gasteiger partial charge in [0.15, 0.2) is 0 Å². The highest BCUT2D eigenvalue weighted by Gasteiger charge is 2.22. The van der Waals surface area contributed by atoms with Crippen LogP contribution in [0.1, 0.15) is 10.4 Å². The van der Waals surface area contributed by atoms with E-state index in [1.807, 2.05) is 0 Å². The van der Waals surface area contributed by atoms with E-state index in [4.69, 9.17) is 18.0 Å². The molecule has 1 aromatic rings. The zero-order valence-corrected chi connectivity index (χ0v) is 13.3. The highest BCUT2D eigenvalue weighted by molar-refractivity contribution is 9.10. The van der Waals surface area contributed by atoms with Crippen LogP contribution in [0.2, 0.25) is 0 Å². The number of piperazine rings is 1. The molecule has 3 N–H and O–H groups in total. The molecule has 0 spiro atoms. The van der Waals surface area contributed by atoms with E-state index >= 15 is 0 Å². The second-order valence-electron chi connectivity index (χ2n) is 4.70. The summed E-state index contributed by atoms with van der Waals surface area (Å²) in [5.74, 6) is 0.00532. The molecule has 0 aliphatic carbocycles. The molecule has 0 atom stereocenters. The van der Waals surface area contributed by atoms with E-state index in [0.717, 1.165) is 13.1 Å². The van der Waals surface area contributed by atoms with Crippen LogP contribution in [-0.2, 0) is 0 Å². The largest absolute Gasteiger partial charge is 0.507 e. The van der Waals surface area contributed by atoms with Gasteiger partial charge in [-0.05, 0) is 34.1 Å². The summed E-state index contributed by atoms with van der Waals surface area (Å²) in [6.07, 6.45) is 0. The first-order chi connectivity index (χ1) is 9.47. The molecule has 0 radical (unpaired) electrons. The van der Waals surface area contributed by atoms with Crippen LogP contribution in [0.25, 0.3) is 0 Å². The van der Waals surface area contributed by atoms with E-state index in [9.17, 15) is 9.90 Å². The molecule has 0 unspecified atom stereocenters. The summed E-state index contributed by atoms with van der Waals surface area (Å²) in [5, 5.41) is 9.63. The number of aromatic hydroxyl groups is 1. The Morgan fingerprint density at radius 3 is 2.55 bits per heavy atom. The Labute approximate surface area is 131 Å². The van der Waals surface area contributed by atoms with E-state index in [-0.39, 0.29) is 11.7 Å². The molecular formula is C13H16BrN3O2S. The Morgan fingerprint density at radius 1 is 1.35 bits per heavy atom. The van der Waals surface area contributed by atoms with Gasteiger partial charge < -0.3 is 15.7 Å². The van der Waals surface area contributed by atoms with Crippen LogP contribution in [0.15, 0.2) is 22.7 Å². The number of rotatable bonds is 3. The van der Waals surface area contributed by atoms with Crippen LogP contribution >= 0.6 is 28.1 Å². The van der Waals surface area contributed by atoms with Gasteiger partial charge in [-0.2, -0.15) is 0 Å². The monoisotopic (exact) mass is 357 g/mol. The van der Waals surface area contributed by atoms with Gasteiger partial charge in [-0.15, -0.1) is 0 Å². The predicted octanol–water partition coefficient (Wildman–Crippen LogP) is 1.20. The summed E-state index contributed by atoms with van der Waals surface area (Å²) < 4.78 is 0.579. The molecule has 20 heavy (non-hydrogen) atoms. The zero-order chi connectivity index (χ0) is 14.7. The lowest BCUT2D eigenvalue weighted by molar-refractivity contribution is 0.0654. The van der Waals surface area contributed by atoms with Crippen molar-refractivity contribution in [2.24, 2.45) is 5.73 Å². The third-order valence-electron chi connectivity index (χ3n) is 3.23. The maximum Gasteiger partial charge on any atom is 0.254 e. The SMILES string of the molecule is NC(=S)CN1CCN(C(=O)c2ccc(Br)c(O)c2)CC1. The molecule has 1 aromatic carbocycles. The Hall–Kier alpha value is -1.18. The van der Waals surface area contributed by atoms with Crippen LogP contribution in [0, 0.1) is 0 Å². The first-order valence-corrected chi connectivity index (χ1v) is 7.46. The summed E-state index contributed by atoms with van der Waals surface area (Å²) >= 11 is 8.08. The van der Waals surface area contributed by atoms with Gasteiger partial charge in [0, 0.05) is 38.3 Å². The fraction of sp³-hybridized carbons (Fsp3) is 0.385. The van der Waals surface area contributed by atoms with E-state index < -0.39 is 0 Å². The third-order valence-corrected chi connectivity index (χ3v) is 4.03. The average molecular weight is 358 g/mol. The lowest BCUT2D eigenvalue weighted by atomic mass is 10.1. The molecule has 7 heteroatoms. The second kappa shape index (κ2) is 6.51. The Balaban J connectivity index is 1.97. The van der Waals surface area contributed by atoms with Crippen LogP contribution < -0.4 is 5.73 Å². The van der Waals surface area contributed by atoms with Gasteiger partial charge in [0.2, 0.25) is 0 Å². The molecule has 1 amide bonds. The van der Waals surface area contributed by atoms with Crippen LogP contribution in [0.4, 0.5) is 0 Å². The number of carbonyl (C=O) groups excluding carboxylic acids is 1. The minimum absolute atomic E-state index is 0.0669. The van der Waals surface area contributed by atoms with E-state index in [0.29, 0.717) is 34.7 Å². The Bertz CT molecular complexity index is 530. The van der Waals surface area contributed by atoms with Gasteiger partial charge in [-0.25, -0.2) is 0 Å². The average Bonchev–Trinajstić information content (AvgIpc) is 2.41. The molecule has 1 aliphatic rings. The fourth-order valence-electron chi connectivity index (χ4n) is 2.16. The van der Waals surface area contributed by atoms with Crippen molar-refractivity contribution in [2.75, 3.05) is 32.7 Å². The number of hydrogen-bond acceptors (Lipinski definition) is 4. The molecule has 2 rings (SSSR count). The second-order valence-corrected chi connectivity index (χ2v) is 6.08. The van der Waals surface area contributed by atoms with Crippen molar-refractivity contribution >= 4 is 39.0 Å². The van der Waals surface area contributed by atoms with Crippen molar-refractivity contribution in [3.8, 4) is 5.75 Å². The lowest BCUT2D eigenvalue weighted by Crippen LogP contribution is -2.50. The molecule has 1 fully saturated rings. The van der Waals surface area contributed by atoms with Gasteiger partial charge in [0.05, 0.1) is 9.46 Å². The van der Waals surface area contributed by atoms with Crippen molar-refractivity contribution in [3.63, 3.8) is 0 Å². The number of halogens is 1. The number of amides is 1. The van der Waals surface area contributed by atoms with Crippen LogP contribution in [-0.4, -0.2) is 58.5 Å².